The highest BCUT2D eigenvalue weighted by Crippen LogP contribution is 2.39. The van der Waals surface area contributed by atoms with Crippen molar-refractivity contribution < 1.29 is 27.5 Å². The molecule has 4 rings (SSSR count). The molecule has 0 radical (unpaired) electrons. The number of nitrogens with zero attached hydrogens (tertiary/aromatic N) is 4. The van der Waals surface area contributed by atoms with Crippen LogP contribution in [0.4, 0.5) is 13.2 Å². The van der Waals surface area contributed by atoms with Gasteiger partial charge in [-0.25, -0.2) is 27.7 Å². The fourth-order valence-corrected chi connectivity index (χ4v) is 5.34. The van der Waals surface area contributed by atoms with Crippen LogP contribution in [0.1, 0.15) is 94.8 Å². The number of imidazole rings is 1. The Balaban J connectivity index is 1.73. The molecule has 2 fully saturated rings. The van der Waals surface area contributed by atoms with Crippen molar-refractivity contribution >= 4 is 17.6 Å². The molecule has 220 valence electrons. The quantitative estimate of drug-likeness (QED) is 0.392. The highest BCUT2D eigenvalue weighted by atomic mass is 19.3. The number of halogens is 3. The smallest absolute Gasteiger partial charge is 0.251 e. The zero-order valence-electron chi connectivity index (χ0n) is 23.4. The third-order valence-electron chi connectivity index (χ3n) is 7.81. The van der Waals surface area contributed by atoms with E-state index in [9.17, 15) is 18.4 Å². The summed E-state index contributed by atoms with van der Waals surface area (Å²) in [5.74, 6) is -4.33. The number of fused-ring (bicyclic) bond motifs is 1. The predicted molar refractivity (Wildman–Crippen MR) is 143 cm³/mol. The van der Waals surface area contributed by atoms with Gasteiger partial charge in [0.2, 0.25) is 17.7 Å². The molecule has 0 saturated carbocycles. The van der Waals surface area contributed by atoms with Crippen molar-refractivity contribution in [2.75, 3.05) is 19.8 Å². The van der Waals surface area contributed by atoms with Gasteiger partial charge in [-0.3, -0.25) is 9.59 Å². The molecule has 2 N–H and O–H groups in total. The van der Waals surface area contributed by atoms with Gasteiger partial charge in [0.05, 0.1) is 41.8 Å². The Labute approximate surface area is 232 Å². The molecule has 2 saturated heterocycles. The second-order valence-corrected chi connectivity index (χ2v) is 11.3. The third kappa shape index (κ3) is 7.00. The SMILES string of the molecule is C=C(C)C(=O)NC(CCC(F)(F)CCC)c1cn2nc(C[C@H]3CCCNC3=O)c(C3COCCC3(C)F)nc2n1. The maximum absolute atomic E-state index is 15.7. The van der Waals surface area contributed by atoms with E-state index in [0.29, 0.717) is 43.1 Å². The lowest BCUT2D eigenvalue weighted by Crippen LogP contribution is -2.40. The lowest BCUT2D eigenvalue weighted by molar-refractivity contribution is -0.126. The second kappa shape index (κ2) is 12.2. The second-order valence-electron chi connectivity index (χ2n) is 11.3. The zero-order chi connectivity index (χ0) is 29.1. The van der Waals surface area contributed by atoms with E-state index >= 15 is 4.39 Å². The number of alkyl halides is 3. The first-order valence-corrected chi connectivity index (χ1v) is 14.0. The van der Waals surface area contributed by atoms with Crippen molar-refractivity contribution in [1.82, 2.24) is 30.2 Å². The summed E-state index contributed by atoms with van der Waals surface area (Å²) in [7, 11) is 0. The van der Waals surface area contributed by atoms with Crippen LogP contribution in [0.5, 0.6) is 0 Å². The monoisotopic (exact) mass is 564 g/mol. The average Bonchev–Trinajstić information content (AvgIpc) is 3.30. The molecule has 4 heterocycles. The topological polar surface area (TPSA) is 111 Å². The maximum Gasteiger partial charge on any atom is 0.251 e. The van der Waals surface area contributed by atoms with Crippen LogP contribution in [0.25, 0.3) is 5.78 Å². The van der Waals surface area contributed by atoms with Gasteiger partial charge in [0.25, 0.3) is 5.78 Å². The lowest BCUT2D eigenvalue weighted by Gasteiger charge is -2.35. The molecule has 0 aliphatic carbocycles. The summed E-state index contributed by atoms with van der Waals surface area (Å²) < 4.78 is 51.5. The normalized spacial score (nSPS) is 24.5. The number of hydrogen-bond acceptors (Lipinski definition) is 6. The van der Waals surface area contributed by atoms with Crippen molar-refractivity contribution in [3.05, 3.63) is 35.4 Å². The van der Waals surface area contributed by atoms with Gasteiger partial charge in [0.1, 0.15) is 5.67 Å². The lowest BCUT2D eigenvalue weighted by atomic mass is 9.82. The van der Waals surface area contributed by atoms with Gasteiger partial charge in [0, 0.05) is 50.3 Å². The van der Waals surface area contributed by atoms with Crippen LogP contribution in [0.3, 0.4) is 0 Å². The van der Waals surface area contributed by atoms with Crippen LogP contribution in [0, 0.1) is 5.92 Å². The van der Waals surface area contributed by atoms with Crippen LogP contribution < -0.4 is 10.6 Å². The van der Waals surface area contributed by atoms with Crippen LogP contribution in [-0.4, -0.2) is 62.7 Å². The van der Waals surface area contributed by atoms with Gasteiger partial charge in [0.15, 0.2) is 0 Å². The number of piperidine rings is 1. The Morgan fingerprint density at radius 3 is 2.83 bits per heavy atom. The zero-order valence-corrected chi connectivity index (χ0v) is 23.4. The van der Waals surface area contributed by atoms with Gasteiger partial charge in [-0.1, -0.05) is 19.9 Å². The predicted octanol–water partition coefficient (Wildman–Crippen LogP) is 4.37. The Kier molecular flexibility index (Phi) is 9.16. The molecular weight excluding hydrogens is 525 g/mol. The first-order valence-electron chi connectivity index (χ1n) is 14.0. The third-order valence-corrected chi connectivity index (χ3v) is 7.81. The fraction of sp³-hybridized carbons (Fsp3) is 0.679. The fourth-order valence-electron chi connectivity index (χ4n) is 5.34. The van der Waals surface area contributed by atoms with Crippen molar-refractivity contribution in [3.63, 3.8) is 0 Å². The largest absolute Gasteiger partial charge is 0.381 e. The van der Waals surface area contributed by atoms with Gasteiger partial charge in [-0.05, 0) is 33.1 Å². The number of aromatic nitrogens is 4. The van der Waals surface area contributed by atoms with E-state index in [-0.39, 0.29) is 55.5 Å². The highest BCUT2D eigenvalue weighted by Gasteiger charge is 2.42. The first-order chi connectivity index (χ1) is 18.9. The van der Waals surface area contributed by atoms with Crippen LogP contribution in [0.15, 0.2) is 18.3 Å². The molecule has 0 aromatic carbocycles. The van der Waals surface area contributed by atoms with Crippen molar-refractivity contribution in [2.24, 2.45) is 5.92 Å². The summed E-state index contributed by atoms with van der Waals surface area (Å²) in [5, 5.41) is 10.3. The molecule has 2 aromatic rings. The Bertz CT molecular complexity index is 1250. The number of carbonyl (C=O) groups is 2. The van der Waals surface area contributed by atoms with Crippen molar-refractivity contribution in [2.45, 2.75) is 95.7 Å². The van der Waals surface area contributed by atoms with E-state index < -0.39 is 35.9 Å². The number of hydrogen-bond donors (Lipinski definition) is 2. The van der Waals surface area contributed by atoms with Crippen molar-refractivity contribution in [1.29, 1.82) is 0 Å². The van der Waals surface area contributed by atoms with E-state index in [4.69, 9.17) is 14.8 Å². The maximum atomic E-state index is 15.7. The van der Waals surface area contributed by atoms with Gasteiger partial charge in [-0.15, -0.1) is 0 Å². The minimum absolute atomic E-state index is 0.0587. The van der Waals surface area contributed by atoms with E-state index in [2.05, 4.69) is 22.2 Å². The number of carbonyl (C=O) groups excluding carboxylic acids is 2. The summed E-state index contributed by atoms with van der Waals surface area (Å²) in [4.78, 5) is 34.3. The van der Waals surface area contributed by atoms with Crippen LogP contribution in [0.2, 0.25) is 0 Å². The summed E-state index contributed by atoms with van der Waals surface area (Å²) in [5.41, 5.74) is -0.212. The standard InChI is InChI=1S/C28H39F3N6O3/c1-5-9-28(30,31)10-8-20(33-24(38)17(2)3)22-15-37-26(34-22)35-23(19-16-40-13-11-27(19,4)29)21(36-37)14-18-7-6-12-32-25(18)39/h15,18-20H,2,5-14,16H2,1,3-4H3,(H,32,39)(H,33,38)/t18-,19?,20?,27?/m1/s1. The molecule has 3 unspecified atom stereocenters. The average molecular weight is 565 g/mol. The number of amides is 2. The first kappa shape index (κ1) is 30.0. The minimum atomic E-state index is -2.88. The molecule has 4 atom stereocenters. The van der Waals surface area contributed by atoms with E-state index in [1.807, 2.05) is 0 Å². The Hall–Kier alpha value is -3.02. The number of nitrogens with one attached hydrogen (secondary N) is 2. The van der Waals surface area contributed by atoms with E-state index in [0.717, 1.165) is 6.42 Å². The van der Waals surface area contributed by atoms with Gasteiger partial charge >= 0.3 is 0 Å². The molecule has 0 spiro atoms. The van der Waals surface area contributed by atoms with Crippen LogP contribution >= 0.6 is 0 Å². The summed E-state index contributed by atoms with van der Waals surface area (Å²) in [6.45, 7) is 9.40. The molecule has 9 nitrogen and oxygen atoms in total. The summed E-state index contributed by atoms with van der Waals surface area (Å²) in [6.07, 6.45) is 3.09. The Morgan fingerprint density at radius 1 is 1.38 bits per heavy atom. The molecule has 40 heavy (non-hydrogen) atoms. The summed E-state index contributed by atoms with van der Waals surface area (Å²) >= 11 is 0. The molecule has 2 amide bonds. The van der Waals surface area contributed by atoms with E-state index in [1.54, 1.807) is 13.1 Å². The molecule has 12 heteroatoms. The van der Waals surface area contributed by atoms with Gasteiger partial charge in [-0.2, -0.15) is 5.10 Å². The number of rotatable bonds is 11. The van der Waals surface area contributed by atoms with E-state index in [1.165, 1.54) is 18.4 Å². The minimum Gasteiger partial charge on any atom is -0.381 e. The highest BCUT2D eigenvalue weighted by molar-refractivity contribution is 5.92. The van der Waals surface area contributed by atoms with Crippen molar-refractivity contribution in [3.8, 4) is 0 Å². The van der Waals surface area contributed by atoms with Crippen LogP contribution in [-0.2, 0) is 20.7 Å². The molecule has 2 aliphatic heterocycles. The molecule has 0 bridgehead atoms. The van der Waals surface area contributed by atoms with Gasteiger partial charge < -0.3 is 15.4 Å². The Morgan fingerprint density at radius 2 is 2.15 bits per heavy atom. The molecule has 2 aromatic heterocycles. The molecular formula is C28H39F3N6O3. The molecule has 2 aliphatic rings. The summed E-state index contributed by atoms with van der Waals surface area (Å²) in [6, 6.07) is -0.837. The number of ether oxygens (including phenoxy) is 1.